The second kappa shape index (κ2) is 8.57. The van der Waals surface area contributed by atoms with Gasteiger partial charge in [0.05, 0.1) is 10.6 Å². The van der Waals surface area contributed by atoms with Gasteiger partial charge in [0.2, 0.25) is 0 Å². The SMILES string of the molecule is N#Cc1c(NC(=O)c2ccn(COc3ccc(Br)cc3Cl)n2)sc2c1CCCC2. The fraction of sp³-hybridized carbons (Fsp3) is 0.250. The van der Waals surface area contributed by atoms with E-state index in [0.717, 1.165) is 35.7 Å². The first-order chi connectivity index (χ1) is 14.0. The molecule has 0 fully saturated rings. The smallest absolute Gasteiger partial charge is 0.276 e. The number of benzene rings is 1. The van der Waals surface area contributed by atoms with Gasteiger partial charge in [0.1, 0.15) is 16.8 Å². The van der Waals surface area contributed by atoms with Gasteiger partial charge in [-0.3, -0.25) is 4.79 Å². The zero-order valence-corrected chi connectivity index (χ0v) is 18.4. The van der Waals surface area contributed by atoms with Gasteiger partial charge in [0.25, 0.3) is 5.91 Å². The number of hydrogen-bond acceptors (Lipinski definition) is 5. The molecule has 0 aliphatic heterocycles. The predicted octanol–water partition coefficient (Wildman–Crippen LogP) is 5.40. The Morgan fingerprint density at radius 1 is 1.38 bits per heavy atom. The summed E-state index contributed by atoms with van der Waals surface area (Å²) >= 11 is 11.0. The number of carbonyl (C=O) groups excluding carboxylic acids is 1. The van der Waals surface area contributed by atoms with Crippen molar-refractivity contribution in [3.05, 3.63) is 61.7 Å². The van der Waals surface area contributed by atoms with Crippen molar-refractivity contribution in [2.75, 3.05) is 5.32 Å². The number of amides is 1. The molecule has 4 rings (SSSR count). The lowest BCUT2D eigenvalue weighted by atomic mass is 9.96. The van der Waals surface area contributed by atoms with Gasteiger partial charge in [-0.2, -0.15) is 10.4 Å². The maximum atomic E-state index is 12.6. The second-order valence-corrected chi connectivity index (χ2v) is 9.00. The van der Waals surface area contributed by atoms with Crippen LogP contribution in [-0.4, -0.2) is 15.7 Å². The lowest BCUT2D eigenvalue weighted by Gasteiger charge is -2.09. The van der Waals surface area contributed by atoms with Crippen molar-refractivity contribution < 1.29 is 9.53 Å². The van der Waals surface area contributed by atoms with Crippen molar-refractivity contribution in [2.24, 2.45) is 0 Å². The average Bonchev–Trinajstić information content (AvgIpc) is 3.31. The molecule has 0 atom stereocenters. The number of nitriles is 1. The Morgan fingerprint density at radius 2 is 2.21 bits per heavy atom. The molecule has 0 saturated carbocycles. The molecular weight excluding hydrogens is 476 g/mol. The zero-order valence-electron chi connectivity index (χ0n) is 15.2. The highest BCUT2D eigenvalue weighted by Gasteiger charge is 2.22. The molecule has 9 heteroatoms. The van der Waals surface area contributed by atoms with Crippen molar-refractivity contribution in [3.63, 3.8) is 0 Å². The Balaban J connectivity index is 1.44. The third-order valence-corrected chi connectivity index (χ3v) is 6.63. The number of rotatable bonds is 5. The molecule has 148 valence electrons. The monoisotopic (exact) mass is 490 g/mol. The van der Waals surface area contributed by atoms with E-state index in [1.54, 1.807) is 24.4 Å². The largest absolute Gasteiger partial charge is 0.470 e. The summed E-state index contributed by atoms with van der Waals surface area (Å²) in [5.41, 5.74) is 1.93. The van der Waals surface area contributed by atoms with E-state index in [1.807, 2.05) is 6.07 Å². The van der Waals surface area contributed by atoms with E-state index < -0.39 is 0 Å². The molecule has 1 aliphatic carbocycles. The number of ether oxygens (including phenoxy) is 1. The molecule has 1 amide bonds. The van der Waals surface area contributed by atoms with Gasteiger partial charge in [0.15, 0.2) is 12.4 Å². The summed E-state index contributed by atoms with van der Waals surface area (Å²) in [6, 6.07) is 9.19. The van der Waals surface area contributed by atoms with Gasteiger partial charge in [-0.25, -0.2) is 4.68 Å². The van der Waals surface area contributed by atoms with Crippen LogP contribution in [0.4, 0.5) is 5.00 Å². The molecule has 0 unspecified atom stereocenters. The number of fused-ring (bicyclic) bond motifs is 1. The second-order valence-electron chi connectivity index (χ2n) is 6.57. The van der Waals surface area contributed by atoms with Crippen LogP contribution in [0.2, 0.25) is 5.02 Å². The molecule has 29 heavy (non-hydrogen) atoms. The van der Waals surface area contributed by atoms with E-state index in [1.165, 1.54) is 20.9 Å². The average molecular weight is 492 g/mol. The van der Waals surface area contributed by atoms with Crippen molar-refractivity contribution in [3.8, 4) is 11.8 Å². The fourth-order valence-electron chi connectivity index (χ4n) is 3.22. The number of anilines is 1. The first kappa shape index (κ1) is 20.0. The van der Waals surface area contributed by atoms with Gasteiger partial charge in [-0.1, -0.05) is 27.5 Å². The van der Waals surface area contributed by atoms with Crippen LogP contribution in [0.15, 0.2) is 34.9 Å². The molecule has 2 aromatic heterocycles. The maximum absolute atomic E-state index is 12.6. The first-order valence-corrected chi connectivity index (χ1v) is 11.0. The fourth-order valence-corrected chi connectivity index (χ4v) is 5.18. The molecule has 0 bridgehead atoms. The molecule has 0 spiro atoms. The molecule has 2 heterocycles. The predicted molar refractivity (Wildman–Crippen MR) is 116 cm³/mol. The highest BCUT2D eigenvalue weighted by Crippen LogP contribution is 2.37. The van der Waals surface area contributed by atoms with Gasteiger partial charge in [0, 0.05) is 15.5 Å². The quantitative estimate of drug-likeness (QED) is 0.518. The highest BCUT2D eigenvalue weighted by atomic mass is 79.9. The molecule has 6 nitrogen and oxygen atoms in total. The summed E-state index contributed by atoms with van der Waals surface area (Å²) in [6.07, 6.45) is 5.73. The summed E-state index contributed by atoms with van der Waals surface area (Å²) in [7, 11) is 0. The van der Waals surface area contributed by atoms with Crippen LogP contribution in [0.1, 0.15) is 39.3 Å². The van der Waals surface area contributed by atoms with Gasteiger partial charge >= 0.3 is 0 Å². The molecule has 1 N–H and O–H groups in total. The molecule has 1 aromatic carbocycles. The third kappa shape index (κ3) is 4.32. The van der Waals surface area contributed by atoms with Crippen molar-refractivity contribution in [2.45, 2.75) is 32.4 Å². The summed E-state index contributed by atoms with van der Waals surface area (Å²) in [6.45, 7) is 0.116. The number of nitrogens with zero attached hydrogens (tertiary/aromatic N) is 3. The van der Waals surface area contributed by atoms with Crippen molar-refractivity contribution in [1.29, 1.82) is 5.26 Å². The Labute approximate surface area is 185 Å². The summed E-state index contributed by atoms with van der Waals surface area (Å²) < 4.78 is 8.03. The number of halogens is 2. The zero-order chi connectivity index (χ0) is 20.4. The van der Waals surface area contributed by atoms with Crippen molar-refractivity contribution in [1.82, 2.24) is 9.78 Å². The summed E-state index contributed by atoms with van der Waals surface area (Å²) in [4.78, 5) is 13.8. The molecular formula is C20H16BrClN4O2S. The highest BCUT2D eigenvalue weighted by molar-refractivity contribution is 9.10. The summed E-state index contributed by atoms with van der Waals surface area (Å²) in [5.74, 6) is 0.180. The van der Waals surface area contributed by atoms with Crippen LogP contribution >= 0.6 is 38.9 Å². The van der Waals surface area contributed by atoms with E-state index in [0.29, 0.717) is 21.3 Å². The van der Waals surface area contributed by atoms with Crippen LogP contribution in [0.3, 0.4) is 0 Å². The topological polar surface area (TPSA) is 79.9 Å². The standard InChI is InChI=1S/C20H16BrClN4O2S/c21-12-5-6-17(15(22)9-12)28-11-26-8-7-16(25-26)19(27)24-20-14(10-23)13-3-1-2-4-18(13)29-20/h5-9H,1-4,11H2,(H,24,27). The number of nitrogens with one attached hydrogen (secondary N) is 1. The molecule has 0 saturated heterocycles. The lowest BCUT2D eigenvalue weighted by molar-refractivity contribution is 0.102. The summed E-state index contributed by atoms with van der Waals surface area (Å²) in [5, 5.41) is 17.7. The minimum atomic E-state index is -0.347. The number of hydrogen-bond donors (Lipinski definition) is 1. The minimum Gasteiger partial charge on any atom is -0.470 e. The van der Waals surface area contributed by atoms with Gasteiger partial charge < -0.3 is 10.1 Å². The molecule has 0 radical (unpaired) electrons. The third-order valence-electron chi connectivity index (χ3n) is 4.63. The first-order valence-electron chi connectivity index (χ1n) is 9.02. The lowest BCUT2D eigenvalue weighted by Crippen LogP contribution is -2.14. The number of carbonyl (C=O) groups is 1. The van der Waals surface area contributed by atoms with E-state index in [-0.39, 0.29) is 18.3 Å². The van der Waals surface area contributed by atoms with E-state index in [2.05, 4.69) is 32.4 Å². The van der Waals surface area contributed by atoms with E-state index in [4.69, 9.17) is 16.3 Å². The van der Waals surface area contributed by atoms with Crippen molar-refractivity contribution >= 4 is 49.8 Å². The van der Waals surface area contributed by atoms with Crippen LogP contribution in [0.25, 0.3) is 0 Å². The Hall–Kier alpha value is -2.34. The Kier molecular flexibility index (Phi) is 5.90. The number of thiophene rings is 1. The van der Waals surface area contributed by atoms with E-state index in [9.17, 15) is 10.1 Å². The Morgan fingerprint density at radius 3 is 3.00 bits per heavy atom. The van der Waals surface area contributed by atoms with E-state index >= 15 is 0 Å². The van der Waals surface area contributed by atoms with Crippen LogP contribution < -0.4 is 10.1 Å². The molecule has 1 aliphatic rings. The van der Waals surface area contributed by atoms with Crippen LogP contribution in [-0.2, 0) is 19.6 Å². The normalized spacial score (nSPS) is 12.9. The molecule has 3 aromatic rings. The van der Waals surface area contributed by atoms with Gasteiger partial charge in [-0.05, 0) is 55.5 Å². The number of aromatic nitrogens is 2. The Bertz CT molecular complexity index is 1120. The van der Waals surface area contributed by atoms with Gasteiger partial charge in [-0.15, -0.1) is 11.3 Å². The van der Waals surface area contributed by atoms with Crippen LogP contribution in [0, 0.1) is 11.3 Å². The minimum absolute atomic E-state index is 0.116. The maximum Gasteiger partial charge on any atom is 0.276 e. The number of aryl methyl sites for hydroxylation is 1. The van der Waals surface area contributed by atoms with Crippen LogP contribution in [0.5, 0.6) is 5.75 Å².